The Bertz CT molecular complexity index is 1010. The molecule has 0 bridgehead atoms. The fourth-order valence-corrected chi connectivity index (χ4v) is 2.91. The second-order valence-electron chi connectivity index (χ2n) is 5.38. The number of halogens is 1. The van der Waals surface area contributed by atoms with Gasteiger partial charge in [0.15, 0.2) is 6.61 Å². The third-order valence-corrected chi connectivity index (χ3v) is 4.64. The molecular weight excluding hydrogens is 412 g/mol. The maximum absolute atomic E-state index is 12.3. The standard InChI is InChI=1S/C17H17ClN2O7S/c1-25-14-6-4-11(28(19,23)24)8-12(14)17(22)27-9-16(21)20-13-7-10(18)3-5-15(13)26-2/h3-8H,9H2,1-2H3,(H,20,21)(H2,19,23,24). The highest BCUT2D eigenvalue weighted by Crippen LogP contribution is 2.27. The van der Waals surface area contributed by atoms with Gasteiger partial charge in [-0.25, -0.2) is 18.4 Å². The summed E-state index contributed by atoms with van der Waals surface area (Å²) in [6.45, 7) is -0.642. The number of nitrogens with one attached hydrogen (secondary N) is 1. The molecule has 150 valence electrons. The number of primary sulfonamides is 1. The largest absolute Gasteiger partial charge is 0.496 e. The number of carbonyl (C=O) groups excluding carboxylic acids is 2. The van der Waals surface area contributed by atoms with Gasteiger partial charge in [-0.2, -0.15) is 0 Å². The molecule has 0 aliphatic carbocycles. The number of anilines is 1. The van der Waals surface area contributed by atoms with Crippen molar-refractivity contribution in [2.75, 3.05) is 26.1 Å². The van der Waals surface area contributed by atoms with Crippen LogP contribution in [0.25, 0.3) is 0 Å². The third kappa shape index (κ3) is 5.35. The van der Waals surface area contributed by atoms with Crippen LogP contribution in [0.15, 0.2) is 41.3 Å². The van der Waals surface area contributed by atoms with Crippen molar-refractivity contribution >= 4 is 39.2 Å². The van der Waals surface area contributed by atoms with Crippen molar-refractivity contribution in [3.8, 4) is 11.5 Å². The van der Waals surface area contributed by atoms with Gasteiger partial charge in [0.25, 0.3) is 5.91 Å². The van der Waals surface area contributed by atoms with E-state index in [1.807, 2.05) is 0 Å². The monoisotopic (exact) mass is 428 g/mol. The van der Waals surface area contributed by atoms with Crippen LogP contribution in [-0.4, -0.2) is 41.1 Å². The fraction of sp³-hybridized carbons (Fsp3) is 0.176. The lowest BCUT2D eigenvalue weighted by atomic mass is 10.2. The van der Waals surface area contributed by atoms with Gasteiger partial charge in [0.2, 0.25) is 10.0 Å². The molecule has 2 rings (SSSR count). The molecular formula is C17H17ClN2O7S. The van der Waals surface area contributed by atoms with E-state index in [-0.39, 0.29) is 16.2 Å². The van der Waals surface area contributed by atoms with Gasteiger partial charge >= 0.3 is 5.97 Å². The smallest absolute Gasteiger partial charge is 0.342 e. The van der Waals surface area contributed by atoms with E-state index >= 15 is 0 Å². The minimum Gasteiger partial charge on any atom is -0.496 e. The lowest BCUT2D eigenvalue weighted by Crippen LogP contribution is -2.22. The highest BCUT2D eigenvalue weighted by Gasteiger charge is 2.20. The second-order valence-corrected chi connectivity index (χ2v) is 7.37. The Balaban J connectivity index is 2.12. The molecule has 0 aliphatic rings. The number of esters is 1. The molecule has 2 aromatic carbocycles. The van der Waals surface area contributed by atoms with Crippen molar-refractivity contribution in [1.82, 2.24) is 0 Å². The molecule has 0 aromatic heterocycles. The number of hydrogen-bond acceptors (Lipinski definition) is 7. The molecule has 3 N–H and O–H groups in total. The van der Waals surface area contributed by atoms with Crippen LogP contribution in [-0.2, 0) is 19.6 Å². The molecule has 0 atom stereocenters. The van der Waals surface area contributed by atoms with Crippen LogP contribution in [0.3, 0.4) is 0 Å². The van der Waals surface area contributed by atoms with Crippen LogP contribution < -0.4 is 19.9 Å². The first-order chi connectivity index (χ1) is 13.2. The summed E-state index contributed by atoms with van der Waals surface area (Å²) in [7, 11) is -1.32. The molecule has 2 aromatic rings. The van der Waals surface area contributed by atoms with E-state index in [0.717, 1.165) is 6.07 Å². The lowest BCUT2D eigenvalue weighted by molar-refractivity contribution is -0.119. The number of amides is 1. The van der Waals surface area contributed by atoms with E-state index in [1.54, 1.807) is 12.1 Å². The summed E-state index contributed by atoms with van der Waals surface area (Å²) in [6, 6.07) is 8.07. The summed E-state index contributed by atoms with van der Waals surface area (Å²) >= 11 is 5.88. The predicted molar refractivity (Wildman–Crippen MR) is 101 cm³/mol. The van der Waals surface area contributed by atoms with Crippen molar-refractivity contribution in [1.29, 1.82) is 0 Å². The number of benzene rings is 2. The molecule has 0 saturated carbocycles. The summed E-state index contributed by atoms with van der Waals surface area (Å²) in [5, 5.41) is 7.93. The van der Waals surface area contributed by atoms with Gasteiger partial charge in [0.1, 0.15) is 17.1 Å². The molecule has 0 radical (unpaired) electrons. The van der Waals surface area contributed by atoms with Gasteiger partial charge in [-0.1, -0.05) is 11.6 Å². The van der Waals surface area contributed by atoms with E-state index in [2.05, 4.69) is 5.32 Å². The first kappa shape index (κ1) is 21.5. The highest BCUT2D eigenvalue weighted by molar-refractivity contribution is 7.89. The lowest BCUT2D eigenvalue weighted by Gasteiger charge is -2.12. The maximum Gasteiger partial charge on any atom is 0.342 e. The van der Waals surface area contributed by atoms with Gasteiger partial charge in [0, 0.05) is 5.02 Å². The van der Waals surface area contributed by atoms with Crippen LogP contribution in [0.4, 0.5) is 5.69 Å². The average Bonchev–Trinajstić information content (AvgIpc) is 2.65. The maximum atomic E-state index is 12.3. The molecule has 0 fully saturated rings. The fourth-order valence-electron chi connectivity index (χ4n) is 2.20. The van der Waals surface area contributed by atoms with Crippen molar-refractivity contribution in [3.05, 3.63) is 47.0 Å². The first-order valence-corrected chi connectivity index (χ1v) is 9.59. The van der Waals surface area contributed by atoms with E-state index < -0.39 is 28.5 Å². The van der Waals surface area contributed by atoms with Gasteiger partial charge in [-0.3, -0.25) is 4.79 Å². The Morgan fingerprint density at radius 3 is 2.32 bits per heavy atom. The Hall–Kier alpha value is -2.82. The summed E-state index contributed by atoms with van der Waals surface area (Å²) < 4.78 is 38.0. The van der Waals surface area contributed by atoms with E-state index in [9.17, 15) is 18.0 Å². The van der Waals surface area contributed by atoms with Crippen molar-refractivity contribution < 1.29 is 32.2 Å². The Morgan fingerprint density at radius 2 is 1.71 bits per heavy atom. The Morgan fingerprint density at radius 1 is 1.07 bits per heavy atom. The summed E-state index contributed by atoms with van der Waals surface area (Å²) in [5.41, 5.74) is 0.104. The summed E-state index contributed by atoms with van der Waals surface area (Å²) in [6.07, 6.45) is 0. The highest BCUT2D eigenvalue weighted by atomic mass is 35.5. The summed E-state index contributed by atoms with van der Waals surface area (Å²) in [5.74, 6) is -1.19. The molecule has 1 amide bonds. The number of rotatable bonds is 7. The van der Waals surface area contributed by atoms with Crippen LogP contribution in [0.2, 0.25) is 5.02 Å². The number of sulfonamides is 1. The van der Waals surface area contributed by atoms with Crippen molar-refractivity contribution in [3.63, 3.8) is 0 Å². The van der Waals surface area contributed by atoms with Crippen molar-refractivity contribution in [2.45, 2.75) is 4.90 Å². The Kier molecular flexibility index (Phi) is 6.84. The molecule has 0 aliphatic heterocycles. The van der Waals surface area contributed by atoms with Crippen LogP contribution in [0.1, 0.15) is 10.4 Å². The molecule has 0 unspecified atom stereocenters. The molecule has 0 saturated heterocycles. The minimum absolute atomic E-state index is 0.0642. The SMILES string of the molecule is COc1ccc(Cl)cc1NC(=O)COC(=O)c1cc(S(N)(=O)=O)ccc1OC. The quantitative estimate of drug-likeness (QED) is 0.642. The van der Waals surface area contributed by atoms with Crippen molar-refractivity contribution in [2.24, 2.45) is 5.14 Å². The second kappa shape index (κ2) is 8.91. The van der Waals surface area contributed by atoms with Gasteiger partial charge in [-0.05, 0) is 36.4 Å². The zero-order chi connectivity index (χ0) is 20.9. The summed E-state index contributed by atoms with van der Waals surface area (Å²) in [4.78, 5) is 24.1. The Labute approximate surface area is 166 Å². The number of methoxy groups -OCH3 is 2. The number of ether oxygens (including phenoxy) is 3. The predicted octanol–water partition coefficient (Wildman–Crippen LogP) is 1.80. The molecule has 0 spiro atoms. The topological polar surface area (TPSA) is 134 Å². The molecule has 11 heteroatoms. The zero-order valence-corrected chi connectivity index (χ0v) is 16.5. The minimum atomic E-state index is -4.04. The first-order valence-electron chi connectivity index (χ1n) is 7.67. The normalized spacial score (nSPS) is 10.9. The van der Waals surface area contributed by atoms with Crippen LogP contribution in [0.5, 0.6) is 11.5 Å². The van der Waals surface area contributed by atoms with E-state index in [0.29, 0.717) is 16.5 Å². The van der Waals surface area contributed by atoms with E-state index in [1.165, 1.54) is 32.4 Å². The number of carbonyl (C=O) groups is 2. The van der Waals surface area contributed by atoms with Gasteiger partial charge < -0.3 is 19.5 Å². The van der Waals surface area contributed by atoms with Gasteiger partial charge in [-0.15, -0.1) is 0 Å². The zero-order valence-electron chi connectivity index (χ0n) is 14.9. The van der Waals surface area contributed by atoms with Crippen LogP contribution >= 0.6 is 11.6 Å². The molecule has 0 heterocycles. The number of nitrogens with two attached hydrogens (primary N) is 1. The molecule has 28 heavy (non-hydrogen) atoms. The van der Waals surface area contributed by atoms with Crippen LogP contribution in [0, 0.1) is 0 Å². The average molecular weight is 429 g/mol. The third-order valence-electron chi connectivity index (χ3n) is 3.49. The molecule has 9 nitrogen and oxygen atoms in total. The van der Waals surface area contributed by atoms with Gasteiger partial charge in [0.05, 0.1) is 24.8 Å². The number of hydrogen-bond donors (Lipinski definition) is 2. The van der Waals surface area contributed by atoms with E-state index in [4.69, 9.17) is 31.0 Å².